The maximum atomic E-state index is 13.4. The first-order valence-electron chi connectivity index (χ1n) is 13.2. The van der Waals surface area contributed by atoms with Gasteiger partial charge in [0, 0.05) is 24.2 Å². The highest BCUT2D eigenvalue weighted by atomic mass is 35.5. The molecule has 0 radical (unpaired) electrons. The standard InChI is InChI=1S/C31H29Cl2N3O4S/c32-23-12-17-29(35-41(38,39)26-15-13-25(14-16-26)40-30-11-5-4-10-28(30)33)27(19-23)31(37)34-24-9-6-18-36(21-24)20-22-7-2-1-3-8-22/h1-5,7-8,10-17,19,24,35H,6,9,18,20-21H2,(H,34,37)/t24-/m1/s1. The number of ether oxygens (including phenoxy) is 1. The van der Waals surface area contributed by atoms with E-state index in [9.17, 15) is 13.2 Å². The van der Waals surface area contributed by atoms with Crippen molar-refractivity contribution in [1.82, 2.24) is 10.2 Å². The molecule has 5 rings (SSSR count). The van der Waals surface area contributed by atoms with Crippen LogP contribution in [0.25, 0.3) is 0 Å². The second-order valence-corrected chi connectivity index (χ2v) is 12.4. The number of piperidine rings is 1. The molecule has 7 nitrogen and oxygen atoms in total. The Morgan fingerprint density at radius 3 is 2.41 bits per heavy atom. The first-order valence-corrected chi connectivity index (χ1v) is 15.4. The fourth-order valence-corrected chi connectivity index (χ4v) is 6.19. The van der Waals surface area contributed by atoms with Crippen LogP contribution in [0.3, 0.4) is 0 Å². The third-order valence-corrected chi connectivity index (χ3v) is 8.69. The Morgan fingerprint density at radius 1 is 0.927 bits per heavy atom. The van der Waals surface area contributed by atoms with Crippen molar-refractivity contribution < 1.29 is 17.9 Å². The number of nitrogens with one attached hydrogen (secondary N) is 2. The van der Waals surface area contributed by atoms with Crippen molar-refractivity contribution in [1.29, 1.82) is 0 Å². The van der Waals surface area contributed by atoms with Crippen LogP contribution in [0.1, 0.15) is 28.8 Å². The molecule has 212 valence electrons. The number of hydrogen-bond donors (Lipinski definition) is 2. The summed E-state index contributed by atoms with van der Waals surface area (Å²) in [4.78, 5) is 15.7. The van der Waals surface area contributed by atoms with E-state index in [2.05, 4.69) is 27.1 Å². The summed E-state index contributed by atoms with van der Waals surface area (Å²) in [5, 5.41) is 3.85. The summed E-state index contributed by atoms with van der Waals surface area (Å²) in [6.07, 6.45) is 1.78. The first-order chi connectivity index (χ1) is 19.8. The van der Waals surface area contributed by atoms with Gasteiger partial charge in [-0.25, -0.2) is 8.42 Å². The van der Waals surface area contributed by atoms with Crippen LogP contribution in [0.4, 0.5) is 5.69 Å². The van der Waals surface area contributed by atoms with Crippen molar-refractivity contribution in [2.24, 2.45) is 0 Å². The number of halogens is 2. The van der Waals surface area contributed by atoms with Gasteiger partial charge in [0.2, 0.25) is 0 Å². The summed E-state index contributed by atoms with van der Waals surface area (Å²) in [5.74, 6) is 0.499. The number of benzene rings is 4. The summed E-state index contributed by atoms with van der Waals surface area (Å²) in [5.41, 5.74) is 1.51. The molecule has 1 aliphatic heterocycles. The zero-order valence-corrected chi connectivity index (χ0v) is 24.4. The van der Waals surface area contributed by atoms with E-state index in [4.69, 9.17) is 27.9 Å². The highest BCUT2D eigenvalue weighted by Gasteiger charge is 2.25. The van der Waals surface area contributed by atoms with Gasteiger partial charge in [0.1, 0.15) is 11.5 Å². The smallest absolute Gasteiger partial charge is 0.261 e. The minimum absolute atomic E-state index is 0.00847. The van der Waals surface area contributed by atoms with Crippen LogP contribution in [-0.2, 0) is 16.6 Å². The highest BCUT2D eigenvalue weighted by Crippen LogP contribution is 2.30. The summed E-state index contributed by atoms with van der Waals surface area (Å²) in [6.45, 7) is 2.45. The molecule has 1 heterocycles. The van der Waals surface area contributed by atoms with Gasteiger partial charge in [0.15, 0.2) is 0 Å². The number of carbonyl (C=O) groups excluding carboxylic acids is 1. The predicted molar refractivity (Wildman–Crippen MR) is 162 cm³/mol. The Morgan fingerprint density at radius 2 is 1.66 bits per heavy atom. The molecule has 1 fully saturated rings. The largest absolute Gasteiger partial charge is 0.456 e. The van der Waals surface area contributed by atoms with Gasteiger partial charge in [0.05, 0.1) is 21.2 Å². The minimum atomic E-state index is -4.02. The monoisotopic (exact) mass is 609 g/mol. The first kappa shape index (κ1) is 29.0. The van der Waals surface area contributed by atoms with E-state index in [1.54, 1.807) is 30.3 Å². The molecule has 0 spiro atoms. The molecular formula is C31H29Cl2N3O4S. The molecule has 10 heteroatoms. The number of rotatable bonds is 9. The molecule has 0 aliphatic carbocycles. The van der Waals surface area contributed by atoms with E-state index in [1.807, 2.05) is 18.2 Å². The van der Waals surface area contributed by atoms with Gasteiger partial charge < -0.3 is 10.1 Å². The zero-order chi connectivity index (χ0) is 28.8. The second kappa shape index (κ2) is 13.0. The molecule has 1 aliphatic rings. The van der Waals surface area contributed by atoms with Gasteiger partial charge in [-0.1, -0.05) is 65.7 Å². The highest BCUT2D eigenvalue weighted by molar-refractivity contribution is 7.92. The van der Waals surface area contributed by atoms with Gasteiger partial charge in [0.25, 0.3) is 15.9 Å². The van der Waals surface area contributed by atoms with E-state index >= 15 is 0 Å². The minimum Gasteiger partial charge on any atom is -0.456 e. The molecule has 1 atom stereocenters. The number of likely N-dealkylation sites (tertiary alicyclic amines) is 1. The topological polar surface area (TPSA) is 87.7 Å². The van der Waals surface area contributed by atoms with Crippen molar-refractivity contribution in [3.63, 3.8) is 0 Å². The lowest BCUT2D eigenvalue weighted by Gasteiger charge is -2.33. The molecule has 1 saturated heterocycles. The fraction of sp³-hybridized carbons (Fsp3) is 0.194. The van der Waals surface area contributed by atoms with Crippen LogP contribution in [-0.4, -0.2) is 38.4 Å². The lowest BCUT2D eigenvalue weighted by molar-refractivity contribution is 0.0901. The van der Waals surface area contributed by atoms with E-state index in [-0.39, 0.29) is 28.1 Å². The molecular weight excluding hydrogens is 581 g/mol. The van der Waals surface area contributed by atoms with Crippen molar-refractivity contribution in [2.75, 3.05) is 17.8 Å². The normalized spacial score (nSPS) is 15.7. The summed E-state index contributed by atoms with van der Waals surface area (Å²) < 4.78 is 34.8. The number of sulfonamides is 1. The van der Waals surface area contributed by atoms with Gasteiger partial charge in [-0.05, 0) is 79.5 Å². The average molecular weight is 611 g/mol. The van der Waals surface area contributed by atoms with Crippen molar-refractivity contribution in [3.05, 3.63) is 118 Å². The van der Waals surface area contributed by atoms with Gasteiger partial charge in [-0.15, -0.1) is 0 Å². The Bertz CT molecular complexity index is 1620. The Balaban J connectivity index is 1.27. The maximum absolute atomic E-state index is 13.4. The Kier molecular flexibility index (Phi) is 9.15. The van der Waals surface area contributed by atoms with Gasteiger partial charge in [-0.3, -0.25) is 14.4 Å². The van der Waals surface area contributed by atoms with E-state index < -0.39 is 10.0 Å². The summed E-state index contributed by atoms with van der Waals surface area (Å²) >= 11 is 12.4. The van der Waals surface area contributed by atoms with Crippen LogP contribution >= 0.6 is 23.2 Å². The van der Waals surface area contributed by atoms with Crippen LogP contribution < -0.4 is 14.8 Å². The number of carbonyl (C=O) groups is 1. The number of hydrogen-bond acceptors (Lipinski definition) is 5. The molecule has 0 bridgehead atoms. The lowest BCUT2D eigenvalue weighted by atomic mass is 10.0. The second-order valence-electron chi connectivity index (χ2n) is 9.83. The van der Waals surface area contributed by atoms with E-state index in [1.165, 1.54) is 42.0 Å². The summed E-state index contributed by atoms with van der Waals surface area (Å²) in [7, 11) is -4.02. The fourth-order valence-electron chi connectivity index (χ4n) is 4.76. The number of nitrogens with zero attached hydrogens (tertiary/aromatic N) is 1. The molecule has 0 aromatic heterocycles. The molecule has 41 heavy (non-hydrogen) atoms. The van der Waals surface area contributed by atoms with Crippen LogP contribution in [0.5, 0.6) is 11.5 Å². The molecule has 1 amide bonds. The van der Waals surface area contributed by atoms with Crippen molar-refractivity contribution in [2.45, 2.75) is 30.3 Å². The predicted octanol–water partition coefficient (Wildman–Crippen LogP) is 6.98. The molecule has 0 unspecified atom stereocenters. The molecule has 4 aromatic rings. The number of amides is 1. The molecule has 4 aromatic carbocycles. The summed E-state index contributed by atoms with van der Waals surface area (Å²) in [6, 6.07) is 27.6. The molecule has 0 saturated carbocycles. The lowest BCUT2D eigenvalue weighted by Crippen LogP contribution is -2.47. The van der Waals surface area contributed by atoms with Crippen LogP contribution in [0.15, 0.2) is 102 Å². The number of anilines is 1. The molecule has 2 N–H and O–H groups in total. The van der Waals surface area contributed by atoms with Crippen molar-refractivity contribution >= 4 is 44.8 Å². The average Bonchev–Trinajstić information content (AvgIpc) is 2.96. The van der Waals surface area contributed by atoms with Gasteiger partial charge in [-0.2, -0.15) is 0 Å². The Labute approximate surface area is 250 Å². The van der Waals surface area contributed by atoms with E-state index in [0.717, 1.165) is 25.9 Å². The SMILES string of the molecule is O=C(N[C@@H]1CCCN(Cc2ccccc2)C1)c1cc(Cl)ccc1NS(=O)(=O)c1ccc(Oc2ccccc2Cl)cc1. The Hall–Kier alpha value is -3.56. The zero-order valence-electron chi connectivity index (χ0n) is 22.1. The quantitative estimate of drug-likeness (QED) is 0.214. The van der Waals surface area contributed by atoms with Gasteiger partial charge >= 0.3 is 0 Å². The van der Waals surface area contributed by atoms with E-state index in [0.29, 0.717) is 28.1 Å². The number of para-hydroxylation sites is 1. The third kappa shape index (κ3) is 7.59. The van der Waals surface area contributed by atoms with Crippen molar-refractivity contribution in [3.8, 4) is 11.5 Å². The maximum Gasteiger partial charge on any atom is 0.261 e. The van der Waals surface area contributed by atoms with Crippen LogP contribution in [0.2, 0.25) is 10.0 Å². The van der Waals surface area contributed by atoms with Crippen LogP contribution in [0, 0.1) is 0 Å². The third-order valence-electron chi connectivity index (χ3n) is 6.76.